The second-order valence-corrected chi connectivity index (χ2v) is 2.27. The van der Waals surface area contributed by atoms with Crippen LogP contribution in [0.1, 0.15) is 10.4 Å². The minimum absolute atomic E-state index is 0.185. The Morgan fingerprint density at radius 3 is 2.69 bits per heavy atom. The standard InChI is InChI=1S/C8H8O5/c1-12-8(10)5-2-3-6(9)7(4-5)13-11/h2-4,9,11H,1H3. The molecule has 0 bridgehead atoms. The van der Waals surface area contributed by atoms with E-state index in [0.717, 1.165) is 0 Å². The highest BCUT2D eigenvalue weighted by Crippen LogP contribution is 2.26. The quantitative estimate of drug-likeness (QED) is 0.408. The zero-order chi connectivity index (χ0) is 9.84. The summed E-state index contributed by atoms with van der Waals surface area (Å²) in [6.45, 7) is 0. The number of hydrogen-bond acceptors (Lipinski definition) is 5. The van der Waals surface area contributed by atoms with Gasteiger partial charge in [-0.25, -0.2) is 10.1 Å². The zero-order valence-electron chi connectivity index (χ0n) is 6.85. The maximum Gasteiger partial charge on any atom is 0.337 e. The number of phenolic OH excluding ortho intramolecular Hbond substituents is 1. The Kier molecular flexibility index (Phi) is 2.71. The average Bonchev–Trinajstić information content (AvgIpc) is 2.17. The van der Waals surface area contributed by atoms with Crippen molar-refractivity contribution in [2.24, 2.45) is 0 Å². The minimum Gasteiger partial charge on any atom is -0.504 e. The molecule has 0 fully saturated rings. The highest BCUT2D eigenvalue weighted by Gasteiger charge is 2.09. The molecule has 0 aromatic heterocycles. The number of benzene rings is 1. The molecule has 13 heavy (non-hydrogen) atoms. The van der Waals surface area contributed by atoms with Crippen molar-refractivity contribution in [3.63, 3.8) is 0 Å². The van der Waals surface area contributed by atoms with E-state index in [1.165, 1.54) is 25.3 Å². The van der Waals surface area contributed by atoms with Gasteiger partial charge in [-0.2, -0.15) is 0 Å². The fraction of sp³-hybridized carbons (Fsp3) is 0.125. The third kappa shape index (κ3) is 1.88. The van der Waals surface area contributed by atoms with Crippen molar-refractivity contribution in [1.29, 1.82) is 0 Å². The first-order valence-corrected chi connectivity index (χ1v) is 3.41. The lowest BCUT2D eigenvalue weighted by atomic mass is 10.2. The number of phenols is 1. The minimum atomic E-state index is -0.571. The molecule has 1 rings (SSSR count). The normalized spacial score (nSPS) is 9.38. The number of ether oxygens (including phenoxy) is 1. The van der Waals surface area contributed by atoms with Gasteiger partial charge in [-0.3, -0.25) is 0 Å². The van der Waals surface area contributed by atoms with E-state index in [1.54, 1.807) is 0 Å². The molecule has 0 aliphatic rings. The lowest BCUT2D eigenvalue weighted by Gasteiger charge is -2.02. The van der Waals surface area contributed by atoms with E-state index in [-0.39, 0.29) is 17.1 Å². The van der Waals surface area contributed by atoms with Crippen LogP contribution in [0, 0.1) is 0 Å². The maximum absolute atomic E-state index is 11.0. The van der Waals surface area contributed by atoms with Crippen LogP contribution in [0.4, 0.5) is 0 Å². The molecule has 0 unspecified atom stereocenters. The Balaban J connectivity index is 3.06. The summed E-state index contributed by atoms with van der Waals surface area (Å²) in [5, 5.41) is 17.3. The van der Waals surface area contributed by atoms with Gasteiger partial charge < -0.3 is 14.7 Å². The number of methoxy groups -OCH3 is 1. The summed E-state index contributed by atoms with van der Waals surface area (Å²) in [7, 11) is 1.23. The molecule has 0 radical (unpaired) electrons. The van der Waals surface area contributed by atoms with Crippen molar-refractivity contribution in [2.75, 3.05) is 7.11 Å². The molecule has 0 heterocycles. The van der Waals surface area contributed by atoms with E-state index in [9.17, 15) is 4.79 Å². The van der Waals surface area contributed by atoms with Crippen molar-refractivity contribution in [2.45, 2.75) is 0 Å². The fourth-order valence-electron chi connectivity index (χ4n) is 0.832. The van der Waals surface area contributed by atoms with Crippen molar-refractivity contribution in [3.05, 3.63) is 23.8 Å². The van der Waals surface area contributed by atoms with Gasteiger partial charge in [0.05, 0.1) is 12.7 Å². The molecule has 1 aromatic carbocycles. The predicted octanol–water partition coefficient (Wildman–Crippen LogP) is 1.03. The van der Waals surface area contributed by atoms with Crippen molar-refractivity contribution in [3.8, 4) is 11.5 Å². The largest absolute Gasteiger partial charge is 0.504 e. The summed E-state index contributed by atoms with van der Waals surface area (Å²) in [6, 6.07) is 3.74. The third-order valence-corrected chi connectivity index (χ3v) is 1.48. The highest BCUT2D eigenvalue weighted by molar-refractivity contribution is 5.90. The molecule has 5 nitrogen and oxygen atoms in total. The van der Waals surface area contributed by atoms with E-state index in [4.69, 9.17) is 10.4 Å². The maximum atomic E-state index is 11.0. The molecule has 5 heteroatoms. The molecule has 0 amide bonds. The Morgan fingerprint density at radius 1 is 1.46 bits per heavy atom. The molecule has 2 N–H and O–H groups in total. The summed E-state index contributed by atoms with van der Waals surface area (Å²) in [6.07, 6.45) is 0. The molecule has 0 spiro atoms. The molecule has 0 saturated heterocycles. The number of esters is 1. The summed E-state index contributed by atoms with van der Waals surface area (Å²) in [5.41, 5.74) is 0.185. The summed E-state index contributed by atoms with van der Waals surface area (Å²) >= 11 is 0. The van der Waals surface area contributed by atoms with Crippen LogP contribution in [0.5, 0.6) is 11.5 Å². The monoisotopic (exact) mass is 184 g/mol. The van der Waals surface area contributed by atoms with Crippen molar-refractivity contribution in [1.82, 2.24) is 0 Å². The topological polar surface area (TPSA) is 76.0 Å². The summed E-state index contributed by atoms with van der Waals surface area (Å²) in [5.74, 6) is -1.02. The van der Waals surface area contributed by atoms with E-state index in [0.29, 0.717) is 0 Å². The van der Waals surface area contributed by atoms with Gasteiger partial charge in [0.2, 0.25) is 5.75 Å². The fourth-order valence-corrected chi connectivity index (χ4v) is 0.832. The Bertz CT molecular complexity index is 320. The third-order valence-electron chi connectivity index (χ3n) is 1.48. The number of rotatable bonds is 2. The van der Waals surface area contributed by atoms with Crippen LogP contribution in [-0.2, 0) is 4.74 Å². The van der Waals surface area contributed by atoms with E-state index in [2.05, 4.69) is 9.62 Å². The van der Waals surface area contributed by atoms with Gasteiger partial charge in [-0.15, -0.1) is 0 Å². The molecule has 0 atom stereocenters. The Hall–Kier alpha value is -1.75. The second-order valence-electron chi connectivity index (χ2n) is 2.27. The average molecular weight is 184 g/mol. The second kappa shape index (κ2) is 3.77. The molecular weight excluding hydrogens is 176 g/mol. The van der Waals surface area contributed by atoms with Crippen LogP contribution in [0.15, 0.2) is 18.2 Å². The predicted molar refractivity (Wildman–Crippen MR) is 42.7 cm³/mol. The van der Waals surface area contributed by atoms with Gasteiger partial charge >= 0.3 is 5.97 Å². The lowest BCUT2D eigenvalue weighted by Crippen LogP contribution is -2.01. The highest BCUT2D eigenvalue weighted by atomic mass is 17.1. The van der Waals surface area contributed by atoms with Crippen LogP contribution in [0.2, 0.25) is 0 Å². The molecule has 1 aromatic rings. The number of carbonyl (C=O) groups excluding carboxylic acids is 1. The SMILES string of the molecule is COC(=O)c1ccc(O)c(OO)c1. The number of aromatic hydroxyl groups is 1. The van der Waals surface area contributed by atoms with Crippen LogP contribution in [0.25, 0.3) is 0 Å². The Labute approximate surface area is 74.1 Å². The smallest absolute Gasteiger partial charge is 0.337 e. The first kappa shape index (κ1) is 9.34. The molecule has 0 saturated carbocycles. The van der Waals surface area contributed by atoms with E-state index in [1.807, 2.05) is 0 Å². The zero-order valence-corrected chi connectivity index (χ0v) is 6.85. The van der Waals surface area contributed by atoms with Crippen LogP contribution in [0.3, 0.4) is 0 Å². The lowest BCUT2D eigenvalue weighted by molar-refractivity contribution is -0.139. The van der Waals surface area contributed by atoms with Gasteiger partial charge in [0, 0.05) is 6.07 Å². The number of hydrogen-bond donors (Lipinski definition) is 2. The van der Waals surface area contributed by atoms with Gasteiger partial charge in [-0.05, 0) is 12.1 Å². The first-order chi connectivity index (χ1) is 6.19. The van der Waals surface area contributed by atoms with Crippen molar-refractivity contribution >= 4 is 5.97 Å². The summed E-state index contributed by atoms with van der Waals surface area (Å²) < 4.78 is 4.42. The molecule has 0 aliphatic heterocycles. The van der Waals surface area contributed by atoms with Gasteiger partial charge in [0.1, 0.15) is 0 Å². The number of carbonyl (C=O) groups is 1. The molecule has 0 aliphatic carbocycles. The van der Waals surface area contributed by atoms with E-state index >= 15 is 0 Å². The van der Waals surface area contributed by atoms with Crippen LogP contribution in [-0.4, -0.2) is 23.4 Å². The Morgan fingerprint density at radius 2 is 2.15 bits per heavy atom. The first-order valence-electron chi connectivity index (χ1n) is 3.41. The molecular formula is C8H8O5. The summed E-state index contributed by atoms with van der Waals surface area (Å²) in [4.78, 5) is 14.8. The van der Waals surface area contributed by atoms with Crippen molar-refractivity contribution < 1.29 is 24.8 Å². The van der Waals surface area contributed by atoms with E-state index < -0.39 is 5.97 Å². The van der Waals surface area contributed by atoms with Gasteiger partial charge in [0.25, 0.3) is 0 Å². The van der Waals surface area contributed by atoms with Crippen LogP contribution >= 0.6 is 0 Å². The molecule has 70 valence electrons. The van der Waals surface area contributed by atoms with Crippen LogP contribution < -0.4 is 4.89 Å². The van der Waals surface area contributed by atoms with Gasteiger partial charge in [-0.1, -0.05) is 0 Å². The van der Waals surface area contributed by atoms with Gasteiger partial charge in [0.15, 0.2) is 5.75 Å².